The van der Waals surface area contributed by atoms with Crippen LogP contribution in [0, 0.1) is 0 Å². The molecule has 9 heteroatoms. The molecule has 188 valence electrons. The molecule has 3 N–H and O–H groups in total. The lowest BCUT2D eigenvalue weighted by molar-refractivity contribution is 0.0730. The first-order chi connectivity index (χ1) is 18.2. The summed E-state index contributed by atoms with van der Waals surface area (Å²) in [5.41, 5.74) is 5.02. The summed E-state index contributed by atoms with van der Waals surface area (Å²) in [4.78, 5) is 19.6. The average molecular weight is 497 g/mol. The minimum atomic E-state index is -0.342. The molecule has 2 aromatic heterocycles. The van der Waals surface area contributed by atoms with Crippen LogP contribution < -0.4 is 10.6 Å². The summed E-state index contributed by atoms with van der Waals surface area (Å²) < 4.78 is 5.44. The number of aromatic nitrogens is 3. The van der Waals surface area contributed by atoms with Crippen molar-refractivity contribution in [3.8, 4) is 11.5 Å². The van der Waals surface area contributed by atoms with Crippen molar-refractivity contribution >= 4 is 23.1 Å². The van der Waals surface area contributed by atoms with E-state index in [2.05, 4.69) is 31.9 Å². The number of nitrogens with one attached hydrogen (secondary N) is 2. The predicted molar refractivity (Wildman–Crippen MR) is 139 cm³/mol. The summed E-state index contributed by atoms with van der Waals surface area (Å²) in [5.74, 6) is 1.08. The Hall–Kier alpha value is -4.24. The zero-order valence-corrected chi connectivity index (χ0v) is 20.3. The van der Waals surface area contributed by atoms with Crippen molar-refractivity contribution in [1.82, 2.24) is 20.1 Å². The van der Waals surface area contributed by atoms with E-state index in [4.69, 9.17) is 4.42 Å². The Morgan fingerprint density at radius 3 is 2.78 bits per heavy atom. The number of anilines is 3. The molecule has 1 unspecified atom stereocenters. The van der Waals surface area contributed by atoms with Crippen LogP contribution in [0.2, 0.25) is 0 Å². The fraction of sp³-hybridized carbons (Fsp3) is 0.286. The summed E-state index contributed by atoms with van der Waals surface area (Å²) in [6.45, 7) is 0.719. The summed E-state index contributed by atoms with van der Waals surface area (Å²) >= 11 is 0. The van der Waals surface area contributed by atoms with Crippen LogP contribution in [-0.2, 0) is 0 Å². The number of amides is 1. The van der Waals surface area contributed by atoms with Gasteiger partial charge in [0.1, 0.15) is 5.82 Å². The van der Waals surface area contributed by atoms with Crippen molar-refractivity contribution in [2.75, 3.05) is 23.8 Å². The lowest BCUT2D eigenvalue weighted by Crippen LogP contribution is -2.27. The van der Waals surface area contributed by atoms with Crippen molar-refractivity contribution in [3.63, 3.8) is 0 Å². The molecule has 0 bridgehead atoms. The second-order valence-corrected chi connectivity index (χ2v) is 9.44. The second-order valence-electron chi connectivity index (χ2n) is 9.44. The Morgan fingerprint density at radius 2 is 1.97 bits per heavy atom. The maximum absolute atomic E-state index is 12.9. The summed E-state index contributed by atoms with van der Waals surface area (Å²) in [7, 11) is 0. The van der Waals surface area contributed by atoms with E-state index >= 15 is 0 Å². The number of hydrogen-bond acceptors (Lipinski definition) is 8. The second kappa shape index (κ2) is 10.0. The number of rotatable bonds is 7. The van der Waals surface area contributed by atoms with E-state index in [1.165, 1.54) is 6.39 Å². The molecule has 6 rings (SSSR count). The number of nitrogens with zero attached hydrogens (tertiary/aromatic N) is 4. The lowest BCUT2D eigenvalue weighted by atomic mass is 10.00. The van der Waals surface area contributed by atoms with E-state index in [0.717, 1.165) is 54.6 Å². The number of hydrogen-bond donors (Lipinski definition) is 3. The maximum Gasteiger partial charge on any atom is 0.254 e. The van der Waals surface area contributed by atoms with Crippen LogP contribution in [-0.4, -0.2) is 44.2 Å². The number of pyridine rings is 1. The van der Waals surface area contributed by atoms with Crippen molar-refractivity contribution in [2.24, 2.45) is 0 Å². The molecule has 0 spiro atoms. The Labute approximate surface area is 214 Å². The smallest absolute Gasteiger partial charge is 0.254 e. The van der Waals surface area contributed by atoms with Crippen molar-refractivity contribution in [2.45, 2.75) is 37.8 Å². The average Bonchev–Trinajstić information content (AvgIpc) is 3.46. The van der Waals surface area contributed by atoms with Gasteiger partial charge in [-0.25, -0.2) is 4.98 Å². The maximum atomic E-state index is 12.9. The summed E-state index contributed by atoms with van der Waals surface area (Å²) in [5, 5.41) is 24.8. The largest absolute Gasteiger partial charge is 0.423 e. The molecule has 2 aliphatic rings. The van der Waals surface area contributed by atoms with Gasteiger partial charge in [-0.1, -0.05) is 43.2 Å². The van der Waals surface area contributed by atoms with Crippen molar-refractivity contribution < 1.29 is 14.3 Å². The van der Waals surface area contributed by atoms with E-state index in [1.54, 1.807) is 6.20 Å². The monoisotopic (exact) mass is 496 g/mol. The van der Waals surface area contributed by atoms with Gasteiger partial charge in [-0.05, 0) is 42.2 Å². The van der Waals surface area contributed by atoms with E-state index in [1.807, 2.05) is 53.4 Å². The highest BCUT2D eigenvalue weighted by atomic mass is 16.4. The zero-order chi connectivity index (χ0) is 25.2. The van der Waals surface area contributed by atoms with Gasteiger partial charge in [0.15, 0.2) is 0 Å². The van der Waals surface area contributed by atoms with Crippen LogP contribution in [0.15, 0.2) is 71.6 Å². The van der Waals surface area contributed by atoms with Crippen LogP contribution >= 0.6 is 0 Å². The molecular formula is C28H28N6O3. The quantitative estimate of drug-likeness (QED) is 0.324. The third-order valence-electron chi connectivity index (χ3n) is 7.14. The molecule has 0 aliphatic carbocycles. The van der Waals surface area contributed by atoms with Crippen molar-refractivity contribution in [1.29, 1.82) is 0 Å². The zero-order valence-electron chi connectivity index (χ0n) is 20.3. The summed E-state index contributed by atoms with van der Waals surface area (Å²) in [6, 6.07) is 17.3. The van der Waals surface area contributed by atoms with Gasteiger partial charge in [0, 0.05) is 30.1 Å². The highest BCUT2D eigenvalue weighted by molar-refractivity contribution is 5.99. The number of aliphatic hydroxyl groups excluding tert-OH is 1. The topological polar surface area (TPSA) is 116 Å². The lowest BCUT2D eigenvalue weighted by Gasteiger charge is -2.22. The molecule has 37 heavy (non-hydrogen) atoms. The van der Waals surface area contributed by atoms with Gasteiger partial charge < -0.3 is 25.1 Å². The fourth-order valence-electron chi connectivity index (χ4n) is 5.30. The van der Waals surface area contributed by atoms with E-state index in [9.17, 15) is 9.90 Å². The predicted octanol–water partition coefficient (Wildman–Crippen LogP) is 5.09. The third-order valence-corrected chi connectivity index (χ3v) is 7.14. The highest BCUT2D eigenvalue weighted by Crippen LogP contribution is 2.41. The van der Waals surface area contributed by atoms with Crippen molar-refractivity contribution in [3.05, 3.63) is 83.9 Å². The Kier molecular flexibility index (Phi) is 6.28. The first-order valence-corrected chi connectivity index (χ1v) is 12.6. The number of carbonyl (C=O) groups is 1. The molecule has 2 aromatic carbocycles. The summed E-state index contributed by atoms with van der Waals surface area (Å²) in [6.07, 6.45) is 7.29. The molecule has 2 aliphatic heterocycles. The third kappa shape index (κ3) is 4.53. The first kappa shape index (κ1) is 23.2. The van der Waals surface area contributed by atoms with Crippen LogP contribution in [0.5, 0.6) is 0 Å². The van der Waals surface area contributed by atoms with Gasteiger partial charge >= 0.3 is 0 Å². The number of benzene rings is 2. The van der Waals surface area contributed by atoms with Gasteiger partial charge in [0.2, 0.25) is 6.39 Å². The fourth-order valence-corrected chi connectivity index (χ4v) is 5.30. The standard InChI is InChI=1S/C28H28N6O3/c35-16-24(18-7-3-1-4-8-18)32-23-14-26(29-15-22(23)27-33-30-17-37-27)31-19-10-11-20-21(13-19)25-9-5-2-6-12-34(25)28(20)36/h1,3-4,7-8,10-11,13-15,17,24-25,35H,2,5-6,9,12,16H2,(H2,29,31,32)/t24-,25?/m1/s1. The highest BCUT2D eigenvalue weighted by Gasteiger charge is 2.37. The molecule has 1 saturated heterocycles. The molecule has 0 radical (unpaired) electrons. The molecule has 1 fully saturated rings. The molecule has 2 atom stereocenters. The van der Waals surface area contributed by atoms with Gasteiger partial charge in [0.25, 0.3) is 11.8 Å². The number of aliphatic hydroxyl groups is 1. The van der Waals surface area contributed by atoms with Crippen LogP contribution in [0.3, 0.4) is 0 Å². The minimum absolute atomic E-state index is 0.102. The van der Waals surface area contributed by atoms with Gasteiger partial charge in [-0.3, -0.25) is 4.79 Å². The number of carbonyl (C=O) groups excluding carboxylic acids is 1. The SMILES string of the molecule is O=C1c2ccc(Nc3cc(N[C@H](CO)c4ccccc4)c(-c4nnco4)cn3)cc2C2CCCCCN12. The Balaban J connectivity index is 1.31. The molecule has 4 aromatic rings. The minimum Gasteiger partial charge on any atom is -0.423 e. The van der Waals surface area contributed by atoms with Gasteiger partial charge in [-0.15, -0.1) is 10.2 Å². The normalized spacial score (nSPS) is 17.6. The van der Waals surface area contributed by atoms with E-state index in [0.29, 0.717) is 23.0 Å². The first-order valence-electron chi connectivity index (χ1n) is 12.6. The molecular weight excluding hydrogens is 468 g/mol. The van der Waals surface area contributed by atoms with E-state index < -0.39 is 0 Å². The van der Waals surface area contributed by atoms with Crippen LogP contribution in [0.25, 0.3) is 11.5 Å². The van der Waals surface area contributed by atoms with Crippen LogP contribution in [0.1, 0.15) is 59.3 Å². The van der Waals surface area contributed by atoms with Gasteiger partial charge in [0.05, 0.1) is 29.9 Å². The van der Waals surface area contributed by atoms with Gasteiger partial charge in [-0.2, -0.15) is 0 Å². The molecule has 1 amide bonds. The Morgan fingerprint density at radius 1 is 1.08 bits per heavy atom. The van der Waals surface area contributed by atoms with Crippen LogP contribution in [0.4, 0.5) is 17.2 Å². The Bertz CT molecular complexity index is 1390. The molecule has 0 saturated carbocycles. The molecule has 9 nitrogen and oxygen atoms in total. The van der Waals surface area contributed by atoms with E-state index in [-0.39, 0.29) is 24.6 Å². The molecule has 4 heterocycles. The number of fused-ring (bicyclic) bond motifs is 3.